The van der Waals surface area contributed by atoms with E-state index in [0.717, 1.165) is 11.1 Å². The van der Waals surface area contributed by atoms with Gasteiger partial charge in [0.15, 0.2) is 0 Å². The first-order chi connectivity index (χ1) is 7.06. The molecule has 2 nitrogen and oxygen atoms in total. The smallest absolute Gasteiger partial charge is 0.137 e. The molecular weight excluding hydrogens is 259 g/mol. The topological polar surface area (TPSA) is 38.0 Å². The van der Waals surface area contributed by atoms with Gasteiger partial charge in [0.2, 0.25) is 0 Å². The van der Waals surface area contributed by atoms with E-state index in [1.807, 2.05) is 13.0 Å². The number of nitrogens with one attached hydrogen (secondary N) is 1. The number of halogens is 2. The second-order valence-electron chi connectivity index (χ2n) is 3.52. The predicted molar refractivity (Wildman–Crippen MR) is 63.6 cm³/mol. The average molecular weight is 273 g/mol. The molecule has 1 atom stereocenters. The van der Waals surface area contributed by atoms with Gasteiger partial charge >= 0.3 is 0 Å². The standard InChI is InChI=1S/C11H14BrFN2/c1-7(2)6-10(15-14)8-4-3-5-9(13)11(8)12/h3-5,10,15H,1,6,14H2,2H3. The van der Waals surface area contributed by atoms with E-state index in [1.54, 1.807) is 6.07 Å². The Morgan fingerprint density at radius 2 is 2.33 bits per heavy atom. The van der Waals surface area contributed by atoms with Crippen molar-refractivity contribution in [2.24, 2.45) is 5.84 Å². The van der Waals surface area contributed by atoms with Gasteiger partial charge in [-0.15, -0.1) is 6.58 Å². The molecule has 0 radical (unpaired) electrons. The number of rotatable bonds is 4. The van der Waals surface area contributed by atoms with Crippen LogP contribution < -0.4 is 11.3 Å². The molecule has 1 aromatic rings. The van der Waals surface area contributed by atoms with Gasteiger partial charge < -0.3 is 0 Å². The van der Waals surface area contributed by atoms with Crippen LogP contribution in [0.3, 0.4) is 0 Å². The first kappa shape index (κ1) is 12.4. The monoisotopic (exact) mass is 272 g/mol. The molecule has 0 heterocycles. The Labute approximate surface area is 97.5 Å². The van der Waals surface area contributed by atoms with Crippen molar-refractivity contribution in [2.75, 3.05) is 0 Å². The number of benzene rings is 1. The average Bonchev–Trinajstić information content (AvgIpc) is 2.19. The highest BCUT2D eigenvalue weighted by atomic mass is 79.9. The van der Waals surface area contributed by atoms with Gasteiger partial charge in [0, 0.05) is 0 Å². The van der Waals surface area contributed by atoms with Crippen molar-refractivity contribution in [1.29, 1.82) is 0 Å². The summed E-state index contributed by atoms with van der Waals surface area (Å²) in [5.74, 6) is 5.15. The lowest BCUT2D eigenvalue weighted by molar-refractivity contribution is 0.539. The molecule has 4 heteroatoms. The molecule has 0 spiro atoms. The highest BCUT2D eigenvalue weighted by Gasteiger charge is 2.15. The molecule has 0 aliphatic carbocycles. The molecule has 0 aliphatic heterocycles. The lowest BCUT2D eigenvalue weighted by Gasteiger charge is -2.18. The number of hydrazine groups is 1. The minimum absolute atomic E-state index is 0.118. The van der Waals surface area contributed by atoms with Crippen molar-refractivity contribution in [3.63, 3.8) is 0 Å². The van der Waals surface area contributed by atoms with Crippen LogP contribution in [0, 0.1) is 5.82 Å². The molecule has 0 amide bonds. The summed E-state index contributed by atoms with van der Waals surface area (Å²) in [4.78, 5) is 0. The highest BCUT2D eigenvalue weighted by Crippen LogP contribution is 2.28. The summed E-state index contributed by atoms with van der Waals surface area (Å²) < 4.78 is 13.7. The molecule has 0 bridgehead atoms. The Kier molecular flexibility index (Phi) is 4.45. The number of hydrogen-bond donors (Lipinski definition) is 2. The summed E-state index contributed by atoms with van der Waals surface area (Å²) in [6, 6.07) is 4.79. The Morgan fingerprint density at radius 1 is 1.67 bits per heavy atom. The normalized spacial score (nSPS) is 12.5. The number of nitrogens with two attached hydrogens (primary N) is 1. The van der Waals surface area contributed by atoms with Crippen molar-refractivity contribution < 1.29 is 4.39 Å². The minimum atomic E-state index is -0.283. The largest absolute Gasteiger partial charge is 0.271 e. The Balaban J connectivity index is 3.01. The van der Waals surface area contributed by atoms with Crippen LogP contribution in [0.5, 0.6) is 0 Å². The quantitative estimate of drug-likeness (QED) is 0.502. The lowest BCUT2D eigenvalue weighted by Crippen LogP contribution is -2.28. The van der Waals surface area contributed by atoms with Gasteiger partial charge in [-0.25, -0.2) is 4.39 Å². The molecule has 1 rings (SSSR count). The molecule has 0 aliphatic rings. The SMILES string of the molecule is C=C(C)CC(NN)c1cccc(F)c1Br. The maximum atomic E-state index is 13.3. The minimum Gasteiger partial charge on any atom is -0.271 e. The highest BCUT2D eigenvalue weighted by molar-refractivity contribution is 9.10. The maximum Gasteiger partial charge on any atom is 0.137 e. The lowest BCUT2D eigenvalue weighted by atomic mass is 10.0. The van der Waals surface area contributed by atoms with Gasteiger partial charge in [-0.3, -0.25) is 11.3 Å². The fourth-order valence-electron chi connectivity index (χ4n) is 1.40. The molecule has 1 aromatic carbocycles. The van der Waals surface area contributed by atoms with E-state index in [-0.39, 0.29) is 11.9 Å². The van der Waals surface area contributed by atoms with Crippen molar-refractivity contribution in [2.45, 2.75) is 19.4 Å². The zero-order valence-electron chi connectivity index (χ0n) is 8.56. The van der Waals surface area contributed by atoms with E-state index in [0.29, 0.717) is 10.9 Å². The van der Waals surface area contributed by atoms with Crippen LogP contribution in [0.1, 0.15) is 24.9 Å². The van der Waals surface area contributed by atoms with Gasteiger partial charge in [-0.05, 0) is 40.9 Å². The molecule has 0 aromatic heterocycles. The van der Waals surface area contributed by atoms with Crippen LogP contribution in [0.4, 0.5) is 4.39 Å². The summed E-state index contributed by atoms with van der Waals surface area (Å²) in [5, 5.41) is 0. The maximum absolute atomic E-state index is 13.3. The number of hydrogen-bond acceptors (Lipinski definition) is 2. The molecule has 1 unspecified atom stereocenters. The van der Waals surface area contributed by atoms with E-state index in [9.17, 15) is 4.39 Å². The van der Waals surface area contributed by atoms with E-state index in [4.69, 9.17) is 5.84 Å². The fourth-order valence-corrected chi connectivity index (χ4v) is 1.94. The molecule has 15 heavy (non-hydrogen) atoms. The Morgan fingerprint density at radius 3 is 2.87 bits per heavy atom. The van der Waals surface area contributed by atoms with Crippen LogP contribution in [0.2, 0.25) is 0 Å². The van der Waals surface area contributed by atoms with Crippen LogP contribution in [0.15, 0.2) is 34.8 Å². The summed E-state index contributed by atoms with van der Waals surface area (Å²) in [6.07, 6.45) is 0.679. The summed E-state index contributed by atoms with van der Waals surface area (Å²) >= 11 is 3.21. The zero-order valence-corrected chi connectivity index (χ0v) is 10.1. The van der Waals surface area contributed by atoms with E-state index < -0.39 is 0 Å². The summed E-state index contributed by atoms with van der Waals surface area (Å²) in [5.41, 5.74) is 4.46. The third-order valence-corrected chi connectivity index (χ3v) is 2.95. The van der Waals surface area contributed by atoms with Crippen molar-refractivity contribution >= 4 is 15.9 Å². The van der Waals surface area contributed by atoms with E-state index in [2.05, 4.69) is 27.9 Å². The van der Waals surface area contributed by atoms with Crippen LogP contribution in [0.25, 0.3) is 0 Å². The summed E-state index contributed by atoms with van der Waals surface area (Å²) in [6.45, 7) is 5.73. The third-order valence-electron chi connectivity index (χ3n) is 2.11. The second-order valence-corrected chi connectivity index (χ2v) is 4.32. The van der Waals surface area contributed by atoms with Gasteiger partial charge in [0.1, 0.15) is 5.82 Å². The first-order valence-electron chi connectivity index (χ1n) is 4.60. The van der Waals surface area contributed by atoms with Crippen LogP contribution >= 0.6 is 15.9 Å². The third kappa shape index (κ3) is 3.12. The molecule has 0 saturated heterocycles. The fraction of sp³-hybridized carbons (Fsp3) is 0.273. The van der Waals surface area contributed by atoms with Crippen molar-refractivity contribution in [3.8, 4) is 0 Å². The second kappa shape index (κ2) is 5.39. The van der Waals surface area contributed by atoms with Gasteiger partial charge in [0.25, 0.3) is 0 Å². The Bertz CT molecular complexity index is 366. The van der Waals surface area contributed by atoms with Gasteiger partial charge in [-0.2, -0.15) is 0 Å². The Hall–Kier alpha value is -0.710. The molecule has 3 N–H and O–H groups in total. The van der Waals surface area contributed by atoms with E-state index >= 15 is 0 Å². The molecule has 0 saturated carbocycles. The summed E-state index contributed by atoms with van der Waals surface area (Å²) in [7, 11) is 0. The molecular formula is C11H14BrFN2. The first-order valence-corrected chi connectivity index (χ1v) is 5.40. The predicted octanol–water partition coefficient (Wildman–Crippen LogP) is 3.06. The van der Waals surface area contributed by atoms with Crippen LogP contribution in [-0.4, -0.2) is 0 Å². The van der Waals surface area contributed by atoms with Gasteiger partial charge in [0.05, 0.1) is 10.5 Å². The van der Waals surface area contributed by atoms with E-state index in [1.165, 1.54) is 6.07 Å². The zero-order chi connectivity index (χ0) is 11.4. The van der Waals surface area contributed by atoms with Crippen molar-refractivity contribution in [1.82, 2.24) is 5.43 Å². The van der Waals surface area contributed by atoms with Crippen molar-refractivity contribution in [3.05, 3.63) is 46.2 Å². The molecule has 0 fully saturated rings. The molecule has 82 valence electrons. The van der Waals surface area contributed by atoms with Gasteiger partial charge in [-0.1, -0.05) is 17.7 Å². The van der Waals surface area contributed by atoms with Crippen LogP contribution in [-0.2, 0) is 0 Å².